The molecule has 1 unspecified atom stereocenters. The van der Waals surface area contributed by atoms with Crippen LogP contribution >= 0.6 is 11.3 Å². The molecule has 8 heteroatoms. The van der Waals surface area contributed by atoms with Crippen LogP contribution in [0.3, 0.4) is 0 Å². The zero-order valence-electron chi connectivity index (χ0n) is 12.1. The van der Waals surface area contributed by atoms with Crippen molar-refractivity contribution in [1.29, 1.82) is 5.26 Å². The molecule has 1 saturated carbocycles. The number of nitrogens with zero attached hydrogens (tertiary/aromatic N) is 2. The van der Waals surface area contributed by atoms with Crippen molar-refractivity contribution < 1.29 is 14.3 Å². The van der Waals surface area contributed by atoms with Gasteiger partial charge in [0, 0.05) is 6.42 Å². The number of nitrogens with one attached hydrogen (secondary N) is 1. The Morgan fingerprint density at radius 2 is 2.22 bits per heavy atom. The number of hydrogen-bond donors (Lipinski definition) is 2. The zero-order valence-corrected chi connectivity index (χ0v) is 12.9. The van der Waals surface area contributed by atoms with Crippen molar-refractivity contribution >= 4 is 33.6 Å². The summed E-state index contributed by atoms with van der Waals surface area (Å²) in [6.45, 7) is 0. The molecule has 3 rings (SSSR count). The van der Waals surface area contributed by atoms with Crippen molar-refractivity contribution in [2.24, 2.45) is 5.73 Å². The summed E-state index contributed by atoms with van der Waals surface area (Å²) >= 11 is 1.42. The van der Waals surface area contributed by atoms with E-state index < -0.39 is 23.6 Å². The summed E-state index contributed by atoms with van der Waals surface area (Å²) in [5.41, 5.74) is 5.04. The average Bonchev–Trinajstić information content (AvgIpc) is 3.16. The number of benzene rings is 1. The van der Waals surface area contributed by atoms with E-state index >= 15 is 0 Å². The van der Waals surface area contributed by atoms with Crippen LogP contribution in [0.5, 0.6) is 0 Å². The zero-order chi connectivity index (χ0) is 16.4. The van der Waals surface area contributed by atoms with Gasteiger partial charge in [-0.1, -0.05) is 12.1 Å². The van der Waals surface area contributed by atoms with Crippen LogP contribution in [0.4, 0.5) is 4.79 Å². The molecule has 0 aliphatic heterocycles. The molecule has 1 atom stereocenters. The third-order valence-electron chi connectivity index (χ3n) is 3.58. The van der Waals surface area contributed by atoms with Gasteiger partial charge in [-0.05, 0) is 25.0 Å². The molecule has 1 aliphatic rings. The third kappa shape index (κ3) is 3.40. The standard InChI is InChI=1S/C15H14N4O3S/c16-8-15(5-6-15)19-13(20)10(22-14(17)21)7-12-18-9-3-1-2-4-11(9)23-12/h1-4,10H,5-7H2,(H2,17,21)(H,19,20). The number of nitrogens with two attached hydrogens (primary N) is 1. The number of amides is 2. The Balaban J connectivity index is 1.77. The number of thiazole rings is 1. The van der Waals surface area contributed by atoms with Crippen molar-refractivity contribution in [1.82, 2.24) is 10.3 Å². The fraction of sp³-hybridized carbons (Fsp3) is 0.333. The number of nitriles is 1. The molecule has 23 heavy (non-hydrogen) atoms. The van der Waals surface area contributed by atoms with Gasteiger partial charge >= 0.3 is 6.09 Å². The summed E-state index contributed by atoms with van der Waals surface area (Å²) in [5, 5.41) is 12.3. The lowest BCUT2D eigenvalue weighted by Gasteiger charge is -2.17. The Kier molecular flexibility index (Phi) is 3.88. The normalized spacial score (nSPS) is 16.3. The number of primary amides is 1. The van der Waals surface area contributed by atoms with Crippen LogP contribution in [0, 0.1) is 11.3 Å². The molecule has 2 aromatic rings. The highest BCUT2D eigenvalue weighted by Crippen LogP contribution is 2.34. The average molecular weight is 330 g/mol. The number of aromatic nitrogens is 1. The fourth-order valence-electron chi connectivity index (χ4n) is 2.20. The first-order valence-corrected chi connectivity index (χ1v) is 7.87. The topological polar surface area (TPSA) is 118 Å². The summed E-state index contributed by atoms with van der Waals surface area (Å²) in [4.78, 5) is 27.8. The summed E-state index contributed by atoms with van der Waals surface area (Å²) in [6.07, 6.45) is -0.818. The molecule has 0 saturated heterocycles. The second-order valence-electron chi connectivity index (χ2n) is 5.39. The fourth-order valence-corrected chi connectivity index (χ4v) is 3.20. The van der Waals surface area contributed by atoms with E-state index in [-0.39, 0.29) is 6.42 Å². The van der Waals surface area contributed by atoms with Crippen LogP contribution < -0.4 is 11.1 Å². The van der Waals surface area contributed by atoms with Gasteiger partial charge in [0.15, 0.2) is 6.10 Å². The molecule has 2 amide bonds. The molecule has 0 spiro atoms. The van der Waals surface area contributed by atoms with E-state index in [1.165, 1.54) is 11.3 Å². The minimum atomic E-state index is -1.10. The smallest absolute Gasteiger partial charge is 0.405 e. The van der Waals surface area contributed by atoms with E-state index in [2.05, 4.69) is 16.4 Å². The Bertz CT molecular complexity index is 773. The predicted molar refractivity (Wildman–Crippen MR) is 83.5 cm³/mol. The highest BCUT2D eigenvalue weighted by atomic mass is 32.1. The van der Waals surface area contributed by atoms with E-state index in [0.717, 1.165) is 10.2 Å². The lowest BCUT2D eigenvalue weighted by atomic mass is 10.2. The Morgan fingerprint density at radius 1 is 1.48 bits per heavy atom. The quantitative estimate of drug-likeness (QED) is 0.860. The van der Waals surface area contributed by atoms with Gasteiger partial charge in [0.1, 0.15) is 5.54 Å². The predicted octanol–water partition coefficient (Wildman–Crippen LogP) is 1.48. The van der Waals surface area contributed by atoms with E-state index in [0.29, 0.717) is 17.8 Å². The van der Waals surface area contributed by atoms with Crippen molar-refractivity contribution in [3.8, 4) is 6.07 Å². The van der Waals surface area contributed by atoms with Crippen LogP contribution in [0.15, 0.2) is 24.3 Å². The summed E-state index contributed by atoms with van der Waals surface area (Å²) in [5.74, 6) is -0.526. The number of ether oxygens (including phenoxy) is 1. The van der Waals surface area contributed by atoms with Gasteiger partial charge in [-0.15, -0.1) is 11.3 Å². The molecular formula is C15H14N4O3S. The lowest BCUT2D eigenvalue weighted by Crippen LogP contribution is -2.45. The van der Waals surface area contributed by atoms with E-state index in [9.17, 15) is 9.59 Å². The summed E-state index contributed by atoms with van der Waals surface area (Å²) in [7, 11) is 0. The monoisotopic (exact) mass is 330 g/mol. The van der Waals surface area contributed by atoms with E-state index in [1.807, 2.05) is 24.3 Å². The van der Waals surface area contributed by atoms with Gasteiger partial charge in [0.05, 0.1) is 21.3 Å². The van der Waals surface area contributed by atoms with Gasteiger partial charge < -0.3 is 15.8 Å². The molecule has 0 bridgehead atoms. The second-order valence-corrected chi connectivity index (χ2v) is 6.50. The SMILES string of the molecule is N#CC1(NC(=O)C(Cc2nc3ccccc3s2)OC(N)=O)CC1. The second kappa shape index (κ2) is 5.85. The molecule has 1 aliphatic carbocycles. The molecule has 118 valence electrons. The van der Waals surface area contributed by atoms with Crippen LogP contribution in [0.2, 0.25) is 0 Å². The van der Waals surface area contributed by atoms with Gasteiger partial charge in [-0.2, -0.15) is 5.26 Å². The minimum Gasteiger partial charge on any atom is -0.436 e. The van der Waals surface area contributed by atoms with Crippen LogP contribution in [-0.2, 0) is 16.0 Å². The highest BCUT2D eigenvalue weighted by Gasteiger charge is 2.46. The summed E-state index contributed by atoms with van der Waals surface area (Å²) < 4.78 is 5.90. The van der Waals surface area contributed by atoms with Crippen LogP contribution in [0.25, 0.3) is 10.2 Å². The summed E-state index contributed by atoms with van der Waals surface area (Å²) in [6, 6.07) is 9.63. The molecule has 7 nitrogen and oxygen atoms in total. The van der Waals surface area contributed by atoms with Gasteiger partial charge in [-0.3, -0.25) is 4.79 Å². The Morgan fingerprint density at radius 3 is 2.83 bits per heavy atom. The van der Waals surface area contributed by atoms with Crippen molar-refractivity contribution in [3.63, 3.8) is 0 Å². The number of rotatable bonds is 5. The Hall–Kier alpha value is -2.66. The number of carbonyl (C=O) groups excluding carboxylic acids is 2. The van der Waals surface area contributed by atoms with E-state index in [4.69, 9.17) is 15.7 Å². The van der Waals surface area contributed by atoms with Crippen LogP contribution in [0.1, 0.15) is 17.8 Å². The molecule has 0 radical (unpaired) electrons. The van der Waals surface area contributed by atoms with Gasteiger partial charge in [0.2, 0.25) is 0 Å². The molecule has 1 aromatic heterocycles. The maximum atomic E-state index is 12.3. The minimum absolute atomic E-state index is 0.121. The first-order valence-electron chi connectivity index (χ1n) is 7.05. The van der Waals surface area contributed by atoms with Crippen LogP contribution in [-0.4, -0.2) is 28.6 Å². The third-order valence-corrected chi connectivity index (χ3v) is 4.63. The molecular weight excluding hydrogens is 316 g/mol. The highest BCUT2D eigenvalue weighted by molar-refractivity contribution is 7.18. The molecule has 3 N–H and O–H groups in total. The number of carbonyl (C=O) groups is 2. The van der Waals surface area contributed by atoms with Crippen molar-refractivity contribution in [2.45, 2.75) is 30.9 Å². The maximum absolute atomic E-state index is 12.3. The van der Waals surface area contributed by atoms with Gasteiger partial charge in [-0.25, -0.2) is 9.78 Å². The molecule has 1 aromatic carbocycles. The Labute approximate surface area is 136 Å². The maximum Gasteiger partial charge on any atom is 0.405 e. The number of hydrogen-bond acceptors (Lipinski definition) is 6. The van der Waals surface area contributed by atoms with Crippen molar-refractivity contribution in [3.05, 3.63) is 29.3 Å². The molecule has 1 heterocycles. The lowest BCUT2D eigenvalue weighted by molar-refractivity contribution is -0.130. The van der Waals surface area contributed by atoms with Crippen molar-refractivity contribution in [2.75, 3.05) is 0 Å². The first kappa shape index (κ1) is 15.2. The first-order chi connectivity index (χ1) is 11.0. The van der Waals surface area contributed by atoms with E-state index in [1.54, 1.807) is 0 Å². The number of fused-ring (bicyclic) bond motifs is 1. The molecule has 1 fully saturated rings. The van der Waals surface area contributed by atoms with Gasteiger partial charge in [0.25, 0.3) is 5.91 Å². The largest absolute Gasteiger partial charge is 0.436 e. The number of para-hydroxylation sites is 1.